The molecule has 1 N–H and O–H groups in total. The van der Waals surface area contributed by atoms with E-state index in [9.17, 15) is 9.59 Å². The Morgan fingerprint density at radius 3 is 2.28 bits per heavy atom. The molecule has 4 rings (SSSR count). The van der Waals surface area contributed by atoms with Crippen LogP contribution in [-0.2, 0) is 22.6 Å². The fraction of sp³-hybridized carbons (Fsp3) is 0.333. The average Bonchev–Trinajstić information content (AvgIpc) is 3.40. The van der Waals surface area contributed by atoms with Gasteiger partial charge in [-0.1, -0.05) is 84.6 Å². The van der Waals surface area contributed by atoms with E-state index in [-0.39, 0.29) is 31.0 Å². The van der Waals surface area contributed by atoms with E-state index in [2.05, 4.69) is 5.32 Å². The van der Waals surface area contributed by atoms with Crippen molar-refractivity contribution in [3.8, 4) is 5.75 Å². The van der Waals surface area contributed by atoms with Crippen LogP contribution in [0, 0.1) is 6.92 Å². The normalized spacial score (nSPS) is 14.3. The summed E-state index contributed by atoms with van der Waals surface area (Å²) in [7, 11) is 0. The number of hydrogen-bond donors (Lipinski definition) is 1. The number of aryl methyl sites for hydroxylation is 1. The summed E-state index contributed by atoms with van der Waals surface area (Å²) in [5.41, 5.74) is 3.01. The second-order valence-electron chi connectivity index (χ2n) is 9.45. The highest BCUT2D eigenvalue weighted by molar-refractivity contribution is 6.30. The third-order valence-corrected chi connectivity index (χ3v) is 6.87. The van der Waals surface area contributed by atoms with Crippen LogP contribution in [0.3, 0.4) is 0 Å². The third-order valence-electron chi connectivity index (χ3n) is 6.62. The number of halogens is 1. The number of rotatable bonds is 10. The van der Waals surface area contributed by atoms with Gasteiger partial charge < -0.3 is 15.0 Å². The number of carbonyl (C=O) groups is 2. The Kier molecular flexibility index (Phi) is 9.01. The van der Waals surface area contributed by atoms with Crippen LogP contribution in [0.2, 0.25) is 5.02 Å². The molecule has 2 amide bonds. The average molecular weight is 505 g/mol. The molecule has 0 bridgehead atoms. The van der Waals surface area contributed by atoms with Crippen molar-refractivity contribution in [2.24, 2.45) is 0 Å². The summed E-state index contributed by atoms with van der Waals surface area (Å²) in [4.78, 5) is 28.9. The molecule has 1 saturated carbocycles. The predicted molar refractivity (Wildman–Crippen MR) is 143 cm³/mol. The largest absolute Gasteiger partial charge is 0.484 e. The first-order valence-electron chi connectivity index (χ1n) is 12.6. The van der Waals surface area contributed by atoms with Gasteiger partial charge >= 0.3 is 0 Å². The van der Waals surface area contributed by atoms with Gasteiger partial charge in [-0.15, -0.1) is 0 Å². The lowest BCUT2D eigenvalue weighted by Crippen LogP contribution is -2.53. The van der Waals surface area contributed by atoms with Gasteiger partial charge in [0.25, 0.3) is 5.91 Å². The fourth-order valence-electron chi connectivity index (χ4n) is 4.57. The monoisotopic (exact) mass is 504 g/mol. The number of amides is 2. The molecule has 1 atom stereocenters. The van der Waals surface area contributed by atoms with Crippen molar-refractivity contribution in [2.75, 3.05) is 6.61 Å². The van der Waals surface area contributed by atoms with Crippen LogP contribution in [0.25, 0.3) is 0 Å². The van der Waals surface area contributed by atoms with Gasteiger partial charge in [-0.25, -0.2) is 0 Å². The summed E-state index contributed by atoms with van der Waals surface area (Å²) in [5, 5.41) is 3.84. The Bertz CT molecular complexity index is 1130. The molecule has 1 aliphatic carbocycles. The molecule has 3 aromatic rings. The van der Waals surface area contributed by atoms with Gasteiger partial charge in [0.05, 0.1) is 0 Å². The highest BCUT2D eigenvalue weighted by Crippen LogP contribution is 2.21. The molecule has 0 spiro atoms. The Hall–Kier alpha value is -3.31. The first-order chi connectivity index (χ1) is 17.5. The molecule has 0 heterocycles. The van der Waals surface area contributed by atoms with Gasteiger partial charge in [0.2, 0.25) is 5.91 Å². The molecule has 3 aromatic carbocycles. The van der Waals surface area contributed by atoms with Crippen LogP contribution in [0.5, 0.6) is 5.75 Å². The molecule has 6 heteroatoms. The van der Waals surface area contributed by atoms with Gasteiger partial charge in [-0.05, 0) is 55.2 Å². The van der Waals surface area contributed by atoms with E-state index in [0.717, 1.165) is 42.4 Å². The van der Waals surface area contributed by atoms with Crippen LogP contribution in [0.4, 0.5) is 0 Å². The number of ether oxygens (including phenoxy) is 1. The van der Waals surface area contributed by atoms with Gasteiger partial charge in [-0.2, -0.15) is 0 Å². The minimum atomic E-state index is -0.669. The Balaban J connectivity index is 1.59. The Morgan fingerprint density at radius 2 is 1.61 bits per heavy atom. The number of nitrogens with one attached hydrogen (secondary N) is 1. The predicted octanol–water partition coefficient (Wildman–Crippen LogP) is 5.73. The summed E-state index contributed by atoms with van der Waals surface area (Å²) in [6, 6.07) is 24.3. The molecular formula is C30H33ClN2O3. The van der Waals surface area contributed by atoms with Gasteiger partial charge in [-0.3, -0.25) is 9.59 Å². The minimum absolute atomic E-state index is 0.122. The second kappa shape index (κ2) is 12.6. The Labute approximate surface area is 218 Å². The summed E-state index contributed by atoms with van der Waals surface area (Å²) < 4.78 is 5.83. The van der Waals surface area contributed by atoms with Crippen LogP contribution >= 0.6 is 11.6 Å². The lowest BCUT2D eigenvalue weighted by molar-refractivity contribution is -0.143. The number of benzene rings is 3. The van der Waals surface area contributed by atoms with E-state index in [4.69, 9.17) is 16.3 Å². The van der Waals surface area contributed by atoms with Crippen molar-refractivity contribution in [2.45, 2.75) is 57.7 Å². The Morgan fingerprint density at radius 1 is 0.944 bits per heavy atom. The fourth-order valence-corrected chi connectivity index (χ4v) is 4.70. The van der Waals surface area contributed by atoms with E-state index >= 15 is 0 Å². The maximum atomic E-state index is 13.6. The van der Waals surface area contributed by atoms with E-state index < -0.39 is 6.04 Å². The highest BCUT2D eigenvalue weighted by Gasteiger charge is 2.32. The second-order valence-corrected chi connectivity index (χ2v) is 9.88. The highest BCUT2D eigenvalue weighted by atomic mass is 35.5. The van der Waals surface area contributed by atoms with Crippen molar-refractivity contribution in [1.82, 2.24) is 10.2 Å². The number of hydrogen-bond acceptors (Lipinski definition) is 3. The minimum Gasteiger partial charge on any atom is -0.484 e. The van der Waals surface area contributed by atoms with Crippen LogP contribution < -0.4 is 10.1 Å². The number of carbonyl (C=O) groups excluding carboxylic acids is 2. The molecule has 1 aliphatic rings. The quantitative estimate of drug-likeness (QED) is 0.384. The summed E-state index contributed by atoms with van der Waals surface area (Å²) in [6.07, 6.45) is 4.61. The lowest BCUT2D eigenvalue weighted by Gasteiger charge is -2.32. The molecule has 1 fully saturated rings. The van der Waals surface area contributed by atoms with E-state index in [1.54, 1.807) is 17.0 Å². The van der Waals surface area contributed by atoms with Crippen LogP contribution in [-0.4, -0.2) is 35.4 Å². The summed E-state index contributed by atoms with van der Waals surface area (Å²) >= 11 is 6.09. The molecule has 5 nitrogen and oxygen atoms in total. The van der Waals surface area contributed by atoms with Crippen molar-refractivity contribution >= 4 is 23.4 Å². The first-order valence-corrected chi connectivity index (χ1v) is 12.9. The zero-order valence-corrected chi connectivity index (χ0v) is 21.4. The first kappa shape index (κ1) is 25.8. The van der Waals surface area contributed by atoms with Gasteiger partial charge in [0, 0.05) is 24.0 Å². The smallest absolute Gasteiger partial charge is 0.261 e. The maximum Gasteiger partial charge on any atom is 0.261 e. The molecule has 188 valence electrons. The maximum absolute atomic E-state index is 13.6. The molecule has 0 radical (unpaired) electrons. The molecular weight excluding hydrogens is 472 g/mol. The van der Waals surface area contributed by atoms with E-state index in [0.29, 0.717) is 17.2 Å². The zero-order valence-electron chi connectivity index (χ0n) is 20.7. The summed E-state index contributed by atoms with van der Waals surface area (Å²) in [6.45, 7) is 2.13. The standard InChI is InChI=1S/C30H33ClN2O3/c1-22-11-17-27(18-12-22)36-21-29(34)33(20-24-13-15-25(31)16-14-24)28(19-23-7-3-2-4-8-23)30(35)32-26-9-5-6-10-26/h2-4,7-8,11-18,26,28H,5-6,9-10,19-21H2,1H3,(H,32,35). The molecule has 0 aliphatic heterocycles. The SMILES string of the molecule is Cc1ccc(OCC(=O)N(Cc2ccc(Cl)cc2)C(Cc2ccccc2)C(=O)NC2CCCC2)cc1. The summed E-state index contributed by atoms with van der Waals surface area (Å²) in [5.74, 6) is 0.256. The van der Waals surface area contributed by atoms with Crippen molar-refractivity contribution in [1.29, 1.82) is 0 Å². The van der Waals surface area contributed by atoms with Crippen LogP contribution in [0.1, 0.15) is 42.4 Å². The van der Waals surface area contributed by atoms with Crippen molar-refractivity contribution < 1.29 is 14.3 Å². The van der Waals surface area contributed by atoms with Crippen molar-refractivity contribution in [3.63, 3.8) is 0 Å². The molecule has 0 aromatic heterocycles. The zero-order chi connectivity index (χ0) is 25.3. The topological polar surface area (TPSA) is 58.6 Å². The molecule has 36 heavy (non-hydrogen) atoms. The van der Waals surface area contributed by atoms with E-state index in [1.165, 1.54) is 0 Å². The lowest BCUT2D eigenvalue weighted by atomic mass is 10.0. The van der Waals surface area contributed by atoms with Crippen LogP contribution in [0.15, 0.2) is 78.9 Å². The third kappa shape index (κ3) is 7.34. The van der Waals surface area contributed by atoms with Crippen molar-refractivity contribution in [3.05, 3.63) is 101 Å². The number of nitrogens with zero attached hydrogens (tertiary/aromatic N) is 1. The van der Waals surface area contributed by atoms with Gasteiger partial charge in [0.1, 0.15) is 11.8 Å². The molecule has 1 unspecified atom stereocenters. The van der Waals surface area contributed by atoms with Gasteiger partial charge in [0.15, 0.2) is 6.61 Å². The van der Waals surface area contributed by atoms with E-state index in [1.807, 2.05) is 73.7 Å². The molecule has 0 saturated heterocycles.